The van der Waals surface area contributed by atoms with E-state index in [1.807, 2.05) is 47.7 Å². The van der Waals surface area contributed by atoms with E-state index in [1.165, 1.54) is 75.8 Å². The molecule has 2 heterocycles. The fourth-order valence-corrected chi connectivity index (χ4v) is 10.2. The van der Waals surface area contributed by atoms with Crippen LogP contribution < -0.4 is 0 Å². The highest BCUT2D eigenvalue weighted by atomic mass is 32.1. The number of hydrogen-bond donors (Lipinski definition) is 0. The van der Waals surface area contributed by atoms with Crippen LogP contribution in [-0.4, -0.2) is 15.0 Å². The highest BCUT2D eigenvalue weighted by Crippen LogP contribution is 2.64. The van der Waals surface area contributed by atoms with Gasteiger partial charge in [0.05, 0.1) is 5.41 Å². The number of hydrogen-bond acceptors (Lipinski definition) is 4. The van der Waals surface area contributed by atoms with Crippen molar-refractivity contribution in [1.82, 2.24) is 15.0 Å². The van der Waals surface area contributed by atoms with E-state index in [-0.39, 0.29) is 5.41 Å². The molecule has 0 unspecified atom stereocenters. The zero-order chi connectivity index (χ0) is 37.4. The van der Waals surface area contributed by atoms with Gasteiger partial charge in [0.25, 0.3) is 0 Å². The molecule has 0 aliphatic heterocycles. The van der Waals surface area contributed by atoms with E-state index in [1.54, 1.807) is 12.2 Å². The zero-order valence-electron chi connectivity index (χ0n) is 30.4. The molecule has 0 saturated carbocycles. The van der Waals surface area contributed by atoms with Gasteiger partial charge in [0.1, 0.15) is 0 Å². The average molecular weight is 732 g/mol. The molecule has 56 heavy (non-hydrogen) atoms. The van der Waals surface area contributed by atoms with Crippen LogP contribution in [0.3, 0.4) is 0 Å². The smallest absolute Gasteiger partial charge is 0.164 e. The van der Waals surface area contributed by atoms with Gasteiger partial charge in [0, 0.05) is 36.9 Å². The van der Waals surface area contributed by atoms with Crippen LogP contribution in [0.25, 0.3) is 81.9 Å². The van der Waals surface area contributed by atoms with E-state index in [0.717, 1.165) is 16.7 Å². The molecule has 1 spiro atoms. The number of benzene rings is 7. The highest BCUT2D eigenvalue weighted by Gasteiger charge is 2.51. The van der Waals surface area contributed by atoms with Gasteiger partial charge in [-0.1, -0.05) is 159 Å². The van der Waals surface area contributed by atoms with Crippen LogP contribution in [0, 0.1) is 0 Å². The number of aromatic nitrogens is 3. The van der Waals surface area contributed by atoms with Crippen molar-refractivity contribution in [3.8, 4) is 56.2 Å². The van der Waals surface area contributed by atoms with Crippen molar-refractivity contribution in [2.24, 2.45) is 0 Å². The van der Waals surface area contributed by atoms with Gasteiger partial charge in [-0.05, 0) is 86.0 Å². The second-order valence-corrected chi connectivity index (χ2v) is 15.5. The van der Waals surface area contributed by atoms with Crippen LogP contribution in [0.15, 0.2) is 189 Å². The quantitative estimate of drug-likeness (QED) is 0.160. The first-order chi connectivity index (χ1) is 27.7. The molecule has 0 saturated heterocycles. The predicted octanol–water partition coefficient (Wildman–Crippen LogP) is 13.3. The largest absolute Gasteiger partial charge is 0.208 e. The molecule has 7 aromatic carbocycles. The number of allylic oxidation sites excluding steroid dienone is 4. The fraction of sp³-hybridized carbons (Fsp3) is 0.0192. The van der Waals surface area contributed by atoms with Crippen molar-refractivity contribution >= 4 is 37.1 Å². The van der Waals surface area contributed by atoms with Crippen molar-refractivity contribution in [2.75, 3.05) is 0 Å². The van der Waals surface area contributed by atoms with Crippen molar-refractivity contribution in [2.45, 2.75) is 5.41 Å². The maximum Gasteiger partial charge on any atom is 0.164 e. The van der Waals surface area contributed by atoms with Gasteiger partial charge < -0.3 is 0 Å². The summed E-state index contributed by atoms with van der Waals surface area (Å²) in [7, 11) is 0. The topological polar surface area (TPSA) is 38.7 Å². The summed E-state index contributed by atoms with van der Waals surface area (Å²) < 4.78 is 2.46. The van der Waals surface area contributed by atoms with Crippen LogP contribution in [0.2, 0.25) is 0 Å². The van der Waals surface area contributed by atoms with Gasteiger partial charge in [-0.15, -0.1) is 11.3 Å². The number of rotatable bonds is 6. The maximum absolute atomic E-state index is 5.01. The Balaban J connectivity index is 1.10. The van der Waals surface area contributed by atoms with Crippen molar-refractivity contribution in [3.05, 3.63) is 217 Å². The van der Waals surface area contributed by atoms with Gasteiger partial charge in [-0.25, -0.2) is 15.0 Å². The maximum atomic E-state index is 5.01. The van der Waals surface area contributed by atoms with E-state index in [4.69, 9.17) is 15.0 Å². The van der Waals surface area contributed by atoms with Crippen LogP contribution in [0.4, 0.5) is 0 Å². The molecule has 3 nitrogen and oxygen atoms in total. The van der Waals surface area contributed by atoms with E-state index in [9.17, 15) is 0 Å². The second kappa shape index (κ2) is 12.5. The third-order valence-corrected chi connectivity index (χ3v) is 12.7. The van der Waals surface area contributed by atoms with Gasteiger partial charge in [0.2, 0.25) is 0 Å². The van der Waals surface area contributed by atoms with Crippen LogP contribution in [0.5, 0.6) is 0 Å². The Hall–Kier alpha value is -7.01. The molecule has 0 N–H and O–H groups in total. The second-order valence-electron chi connectivity index (χ2n) is 14.4. The molecular formula is C52H33N3S. The van der Waals surface area contributed by atoms with Crippen molar-refractivity contribution < 1.29 is 0 Å². The molecule has 2 aliphatic rings. The minimum atomic E-state index is -0.377. The number of thiophene rings is 1. The lowest BCUT2D eigenvalue weighted by molar-refractivity contribution is 0.794. The standard InChI is InChI=1S/C52H33N3S/c1-3-15-32(4-2)49-53-50(33-16-6-5-7-17-33)55-51(54-49)35-27-29-47-41(31-35)40-30-34(26-28-46(40)56-47)36-21-14-25-45-48(36)39-20-10-13-24-44(39)52(45)42-22-11-8-18-37(42)38-19-9-12-23-43(38)52/h3-31H,1-2H2/b32-15+. The van der Waals surface area contributed by atoms with E-state index >= 15 is 0 Å². The Kier molecular flexibility index (Phi) is 7.25. The zero-order valence-corrected chi connectivity index (χ0v) is 31.2. The summed E-state index contributed by atoms with van der Waals surface area (Å²) in [5, 5.41) is 2.40. The Morgan fingerprint density at radius 2 is 1.02 bits per heavy atom. The molecule has 262 valence electrons. The van der Waals surface area contributed by atoms with Gasteiger partial charge in [-0.2, -0.15) is 0 Å². The van der Waals surface area contributed by atoms with Crippen LogP contribution in [-0.2, 0) is 5.41 Å². The lowest BCUT2D eigenvalue weighted by Crippen LogP contribution is -2.25. The minimum Gasteiger partial charge on any atom is -0.208 e. The molecule has 0 fully saturated rings. The lowest BCUT2D eigenvalue weighted by atomic mass is 9.70. The van der Waals surface area contributed by atoms with Crippen molar-refractivity contribution in [1.29, 1.82) is 0 Å². The summed E-state index contributed by atoms with van der Waals surface area (Å²) >= 11 is 1.81. The Morgan fingerprint density at radius 3 is 1.68 bits per heavy atom. The molecule has 0 atom stereocenters. The third kappa shape index (κ3) is 4.60. The summed E-state index contributed by atoms with van der Waals surface area (Å²) in [5.74, 6) is 1.79. The summed E-state index contributed by atoms with van der Waals surface area (Å²) in [4.78, 5) is 14.8. The first-order valence-corrected chi connectivity index (χ1v) is 19.7. The molecular weight excluding hydrogens is 699 g/mol. The molecule has 2 aromatic heterocycles. The number of fused-ring (bicyclic) bond motifs is 13. The summed E-state index contributed by atoms with van der Waals surface area (Å²) in [5.41, 5.74) is 15.4. The minimum absolute atomic E-state index is 0.377. The summed E-state index contributed by atoms with van der Waals surface area (Å²) in [6.45, 7) is 7.92. The number of nitrogens with zero attached hydrogens (tertiary/aromatic N) is 3. The molecule has 11 rings (SSSR count). The monoisotopic (exact) mass is 731 g/mol. The first kappa shape index (κ1) is 32.4. The normalized spacial score (nSPS) is 13.4. The predicted molar refractivity (Wildman–Crippen MR) is 234 cm³/mol. The summed E-state index contributed by atoms with van der Waals surface area (Å²) in [6, 6.07) is 57.5. The van der Waals surface area contributed by atoms with Crippen LogP contribution >= 0.6 is 11.3 Å². The van der Waals surface area contributed by atoms with Gasteiger partial charge >= 0.3 is 0 Å². The van der Waals surface area contributed by atoms with E-state index < -0.39 is 0 Å². The molecule has 0 amide bonds. The average Bonchev–Trinajstić information content (AvgIpc) is 3.89. The van der Waals surface area contributed by atoms with Gasteiger partial charge in [-0.3, -0.25) is 0 Å². The van der Waals surface area contributed by atoms with Crippen molar-refractivity contribution in [3.63, 3.8) is 0 Å². The van der Waals surface area contributed by atoms with E-state index in [0.29, 0.717) is 17.5 Å². The van der Waals surface area contributed by atoms with E-state index in [2.05, 4.69) is 141 Å². The lowest BCUT2D eigenvalue weighted by Gasteiger charge is -2.30. The highest BCUT2D eigenvalue weighted by molar-refractivity contribution is 7.25. The molecule has 4 heteroatoms. The molecule has 0 radical (unpaired) electrons. The molecule has 9 aromatic rings. The molecule has 2 aliphatic carbocycles. The molecule has 0 bridgehead atoms. The SMILES string of the molecule is C=C/C=C(\C=C)c1nc(-c2ccccc2)nc(-c2ccc3sc4ccc(-c5cccc6c5-c5ccccc5C65c6ccccc6-c6ccccc65)cc4c3c2)n1. The fourth-order valence-electron chi connectivity index (χ4n) is 9.18. The Morgan fingerprint density at radius 1 is 0.482 bits per heavy atom. The summed E-state index contributed by atoms with van der Waals surface area (Å²) in [6.07, 6.45) is 5.37. The first-order valence-electron chi connectivity index (χ1n) is 18.8. The third-order valence-electron chi connectivity index (χ3n) is 11.5. The van der Waals surface area contributed by atoms with Gasteiger partial charge in [0.15, 0.2) is 17.5 Å². The van der Waals surface area contributed by atoms with Crippen LogP contribution in [0.1, 0.15) is 28.1 Å². The Bertz CT molecular complexity index is 3090. The Labute approximate surface area is 329 Å².